The van der Waals surface area contributed by atoms with Gasteiger partial charge in [0.15, 0.2) is 0 Å². The number of halogens is 1. The van der Waals surface area contributed by atoms with Crippen LogP contribution in [0.3, 0.4) is 0 Å². The first-order chi connectivity index (χ1) is 12.1. The second-order valence-corrected chi connectivity index (χ2v) is 6.74. The van der Waals surface area contributed by atoms with Crippen LogP contribution in [0.4, 0.5) is 0 Å². The van der Waals surface area contributed by atoms with E-state index in [2.05, 4.69) is 34.6 Å². The van der Waals surface area contributed by atoms with E-state index in [0.29, 0.717) is 17.1 Å². The molecule has 3 nitrogen and oxygen atoms in total. The van der Waals surface area contributed by atoms with Gasteiger partial charge in [0.25, 0.3) is 0 Å². The Morgan fingerprint density at radius 3 is 2.68 bits per heavy atom. The predicted octanol–water partition coefficient (Wildman–Crippen LogP) is 5.01. The Labute approximate surface area is 153 Å². The minimum Gasteiger partial charge on any atom is -0.505 e. The molecule has 0 spiro atoms. The molecule has 4 heteroatoms. The number of nitrogens with zero attached hydrogens (tertiary/aromatic N) is 1. The van der Waals surface area contributed by atoms with Crippen molar-refractivity contribution < 1.29 is 5.11 Å². The molecule has 0 saturated carbocycles. The molecule has 0 amide bonds. The SMILES string of the molecule is Cc1ccc2c(Cl)cc(CNCCCCc3ccccc3)c(O)c2n1. The fourth-order valence-electron chi connectivity index (χ4n) is 2.96. The third kappa shape index (κ3) is 4.50. The summed E-state index contributed by atoms with van der Waals surface area (Å²) in [6.07, 6.45) is 3.33. The van der Waals surface area contributed by atoms with E-state index < -0.39 is 0 Å². The summed E-state index contributed by atoms with van der Waals surface area (Å²) in [5.41, 5.74) is 3.61. The summed E-state index contributed by atoms with van der Waals surface area (Å²) in [4.78, 5) is 4.43. The van der Waals surface area contributed by atoms with Crippen molar-refractivity contribution in [2.24, 2.45) is 0 Å². The zero-order valence-corrected chi connectivity index (χ0v) is 15.2. The molecule has 0 aliphatic heterocycles. The van der Waals surface area contributed by atoms with Crippen molar-refractivity contribution in [3.05, 3.63) is 70.4 Å². The van der Waals surface area contributed by atoms with Crippen molar-refractivity contribution in [3.63, 3.8) is 0 Å². The number of rotatable bonds is 7. The number of aryl methyl sites for hydroxylation is 2. The van der Waals surface area contributed by atoms with Crippen molar-refractivity contribution in [2.45, 2.75) is 32.7 Å². The lowest BCUT2D eigenvalue weighted by Crippen LogP contribution is -2.15. The molecule has 0 atom stereocenters. The van der Waals surface area contributed by atoms with Gasteiger partial charge in [0.2, 0.25) is 0 Å². The van der Waals surface area contributed by atoms with Gasteiger partial charge in [0, 0.05) is 23.2 Å². The van der Waals surface area contributed by atoms with E-state index in [4.69, 9.17) is 11.6 Å². The zero-order chi connectivity index (χ0) is 17.6. The summed E-state index contributed by atoms with van der Waals surface area (Å²) in [5, 5.41) is 15.3. The molecular formula is C21H23ClN2O. The topological polar surface area (TPSA) is 45.1 Å². The van der Waals surface area contributed by atoms with Crippen LogP contribution in [0.15, 0.2) is 48.5 Å². The number of benzene rings is 2. The van der Waals surface area contributed by atoms with E-state index >= 15 is 0 Å². The maximum atomic E-state index is 10.5. The number of hydrogen-bond acceptors (Lipinski definition) is 3. The number of hydrogen-bond donors (Lipinski definition) is 2. The number of aromatic hydroxyl groups is 1. The van der Waals surface area contributed by atoms with Gasteiger partial charge in [-0.1, -0.05) is 41.9 Å². The van der Waals surface area contributed by atoms with Gasteiger partial charge in [0.05, 0.1) is 5.02 Å². The van der Waals surface area contributed by atoms with E-state index in [-0.39, 0.29) is 5.75 Å². The van der Waals surface area contributed by atoms with Crippen LogP contribution in [0.1, 0.15) is 29.7 Å². The number of pyridine rings is 1. The van der Waals surface area contributed by atoms with Crippen LogP contribution in [0.2, 0.25) is 5.02 Å². The van der Waals surface area contributed by atoms with Gasteiger partial charge in [-0.25, -0.2) is 4.98 Å². The number of unbranched alkanes of at least 4 members (excludes halogenated alkanes) is 1. The summed E-state index contributed by atoms with van der Waals surface area (Å²) in [7, 11) is 0. The van der Waals surface area contributed by atoms with Crippen molar-refractivity contribution in [1.29, 1.82) is 0 Å². The lowest BCUT2D eigenvalue weighted by atomic mass is 10.1. The molecule has 0 saturated heterocycles. The number of aromatic nitrogens is 1. The lowest BCUT2D eigenvalue weighted by molar-refractivity contribution is 0.469. The molecule has 130 valence electrons. The van der Waals surface area contributed by atoms with Gasteiger partial charge in [-0.15, -0.1) is 0 Å². The zero-order valence-electron chi connectivity index (χ0n) is 14.4. The van der Waals surface area contributed by atoms with E-state index in [1.165, 1.54) is 5.56 Å². The maximum absolute atomic E-state index is 10.5. The van der Waals surface area contributed by atoms with E-state index in [0.717, 1.165) is 42.5 Å². The Bertz CT molecular complexity index is 849. The Balaban J connectivity index is 1.54. The van der Waals surface area contributed by atoms with E-state index in [1.54, 1.807) is 0 Å². The average molecular weight is 355 g/mol. The van der Waals surface area contributed by atoms with Crippen molar-refractivity contribution >= 4 is 22.5 Å². The minimum absolute atomic E-state index is 0.222. The van der Waals surface area contributed by atoms with Crippen LogP contribution in [0.5, 0.6) is 5.75 Å². The van der Waals surface area contributed by atoms with Crippen LogP contribution >= 0.6 is 11.6 Å². The van der Waals surface area contributed by atoms with E-state index in [1.807, 2.05) is 31.2 Å². The molecule has 3 rings (SSSR count). The van der Waals surface area contributed by atoms with Gasteiger partial charge in [-0.05, 0) is 56.5 Å². The Hall–Kier alpha value is -2.10. The molecule has 2 N–H and O–H groups in total. The monoisotopic (exact) mass is 354 g/mol. The fraction of sp³-hybridized carbons (Fsp3) is 0.286. The summed E-state index contributed by atoms with van der Waals surface area (Å²) < 4.78 is 0. The molecule has 0 unspecified atom stereocenters. The summed E-state index contributed by atoms with van der Waals surface area (Å²) in [6, 6.07) is 16.2. The van der Waals surface area contributed by atoms with Gasteiger partial charge in [0.1, 0.15) is 11.3 Å². The lowest BCUT2D eigenvalue weighted by Gasteiger charge is -2.11. The number of fused-ring (bicyclic) bond motifs is 1. The van der Waals surface area contributed by atoms with Crippen LogP contribution in [-0.2, 0) is 13.0 Å². The van der Waals surface area contributed by atoms with Crippen molar-refractivity contribution in [3.8, 4) is 5.75 Å². The molecule has 0 aliphatic carbocycles. The van der Waals surface area contributed by atoms with Gasteiger partial charge >= 0.3 is 0 Å². The van der Waals surface area contributed by atoms with Crippen LogP contribution in [-0.4, -0.2) is 16.6 Å². The highest BCUT2D eigenvalue weighted by Gasteiger charge is 2.11. The van der Waals surface area contributed by atoms with Crippen LogP contribution in [0.25, 0.3) is 10.9 Å². The third-order valence-corrected chi connectivity index (χ3v) is 4.66. The third-order valence-electron chi connectivity index (χ3n) is 4.35. The molecular weight excluding hydrogens is 332 g/mol. The molecule has 1 heterocycles. The summed E-state index contributed by atoms with van der Waals surface area (Å²) >= 11 is 6.34. The number of nitrogens with one attached hydrogen (secondary N) is 1. The first kappa shape index (κ1) is 17.7. The Morgan fingerprint density at radius 1 is 1.08 bits per heavy atom. The minimum atomic E-state index is 0.222. The maximum Gasteiger partial charge on any atom is 0.146 e. The van der Waals surface area contributed by atoms with Crippen molar-refractivity contribution in [1.82, 2.24) is 10.3 Å². The second-order valence-electron chi connectivity index (χ2n) is 6.33. The fourth-order valence-corrected chi connectivity index (χ4v) is 3.25. The number of phenolic OH excluding ortho intramolecular Hbond substituents is 1. The molecule has 0 bridgehead atoms. The predicted molar refractivity (Wildman–Crippen MR) is 104 cm³/mol. The van der Waals surface area contributed by atoms with E-state index in [9.17, 15) is 5.11 Å². The average Bonchev–Trinajstić information content (AvgIpc) is 2.62. The quantitative estimate of drug-likeness (QED) is 0.586. The van der Waals surface area contributed by atoms with Gasteiger partial charge in [-0.2, -0.15) is 0 Å². The Kier molecular flexibility index (Phi) is 5.90. The summed E-state index contributed by atoms with van der Waals surface area (Å²) in [6.45, 7) is 3.40. The smallest absolute Gasteiger partial charge is 0.146 e. The molecule has 1 aromatic heterocycles. The molecule has 0 fully saturated rings. The normalized spacial score (nSPS) is 11.1. The highest BCUT2D eigenvalue weighted by molar-refractivity contribution is 6.35. The van der Waals surface area contributed by atoms with Gasteiger partial charge in [-0.3, -0.25) is 0 Å². The molecule has 25 heavy (non-hydrogen) atoms. The van der Waals surface area contributed by atoms with Crippen molar-refractivity contribution in [2.75, 3.05) is 6.54 Å². The largest absolute Gasteiger partial charge is 0.505 e. The molecule has 0 radical (unpaired) electrons. The molecule has 2 aromatic carbocycles. The first-order valence-electron chi connectivity index (χ1n) is 8.67. The standard InChI is InChI=1S/C21H23ClN2O/c1-15-10-11-18-19(22)13-17(21(25)20(18)24-15)14-23-12-6-5-9-16-7-3-2-4-8-16/h2-4,7-8,10-11,13,23,25H,5-6,9,12,14H2,1H3. The van der Waals surface area contributed by atoms with Crippen LogP contribution < -0.4 is 5.32 Å². The second kappa shape index (κ2) is 8.32. The molecule has 3 aromatic rings. The van der Waals surface area contributed by atoms with Crippen LogP contribution in [0, 0.1) is 6.92 Å². The first-order valence-corrected chi connectivity index (χ1v) is 9.05. The van der Waals surface area contributed by atoms with Gasteiger partial charge < -0.3 is 10.4 Å². The highest BCUT2D eigenvalue weighted by Crippen LogP contribution is 2.33. The Morgan fingerprint density at radius 2 is 1.88 bits per heavy atom. The number of phenols is 1. The highest BCUT2D eigenvalue weighted by atomic mass is 35.5. The summed E-state index contributed by atoms with van der Waals surface area (Å²) in [5.74, 6) is 0.222. The molecule has 0 aliphatic rings.